The molecule has 0 N–H and O–H groups in total. The Morgan fingerprint density at radius 2 is 1.88 bits per heavy atom. The minimum Gasteiger partial charge on any atom is -0.237 e. The highest BCUT2D eigenvalue weighted by Crippen LogP contribution is 2.22. The van der Waals surface area contributed by atoms with Crippen molar-refractivity contribution in [2.75, 3.05) is 0 Å². The van der Waals surface area contributed by atoms with Crippen LogP contribution in [0.3, 0.4) is 0 Å². The molecule has 3 rings (SSSR count). The molecule has 0 fully saturated rings. The van der Waals surface area contributed by atoms with Crippen LogP contribution >= 0.6 is 15.9 Å². The molecule has 3 aromatic rings. The van der Waals surface area contributed by atoms with E-state index >= 15 is 0 Å². The molecule has 82 valence electrons. The summed E-state index contributed by atoms with van der Waals surface area (Å²) in [4.78, 5) is 8.82. The van der Waals surface area contributed by atoms with Gasteiger partial charge in [0, 0.05) is 21.6 Å². The molecule has 0 radical (unpaired) electrons. The molecule has 17 heavy (non-hydrogen) atoms. The minimum absolute atomic E-state index is 0.782. The standard InChI is InChI=1S/C14H9BrN2/c15-12-5-1-3-11(9-12)13-7-6-10-4-2-8-16-14(10)17-13/h1-9H. The Morgan fingerprint density at radius 3 is 2.76 bits per heavy atom. The van der Waals surface area contributed by atoms with Crippen LogP contribution in [0.4, 0.5) is 0 Å². The SMILES string of the molecule is Brc1cccc(-c2ccc3cccnc3n2)c1. The van der Waals surface area contributed by atoms with Crippen molar-refractivity contribution in [1.82, 2.24) is 9.97 Å². The first kappa shape index (κ1) is 10.4. The molecule has 0 aliphatic heterocycles. The van der Waals surface area contributed by atoms with Crippen LogP contribution in [0.15, 0.2) is 59.2 Å². The van der Waals surface area contributed by atoms with E-state index in [9.17, 15) is 0 Å². The molecule has 0 aliphatic carbocycles. The molecule has 3 heteroatoms. The fourth-order valence-electron chi connectivity index (χ4n) is 1.76. The first-order chi connectivity index (χ1) is 8.33. The normalized spacial score (nSPS) is 10.6. The summed E-state index contributed by atoms with van der Waals surface area (Å²) in [5, 5.41) is 1.06. The molecule has 2 heterocycles. The molecular weight excluding hydrogens is 276 g/mol. The lowest BCUT2D eigenvalue weighted by Crippen LogP contribution is -1.87. The van der Waals surface area contributed by atoms with E-state index in [4.69, 9.17) is 0 Å². The molecule has 0 amide bonds. The van der Waals surface area contributed by atoms with Crippen LogP contribution in [-0.2, 0) is 0 Å². The topological polar surface area (TPSA) is 25.8 Å². The van der Waals surface area contributed by atoms with E-state index in [0.29, 0.717) is 0 Å². The monoisotopic (exact) mass is 284 g/mol. The fraction of sp³-hybridized carbons (Fsp3) is 0. The van der Waals surface area contributed by atoms with Gasteiger partial charge in [-0.15, -0.1) is 0 Å². The summed E-state index contributed by atoms with van der Waals surface area (Å²) < 4.78 is 1.05. The van der Waals surface area contributed by atoms with E-state index in [-0.39, 0.29) is 0 Å². The van der Waals surface area contributed by atoms with Crippen LogP contribution in [-0.4, -0.2) is 9.97 Å². The molecule has 0 spiro atoms. The van der Waals surface area contributed by atoms with Gasteiger partial charge in [0.25, 0.3) is 0 Å². The lowest BCUT2D eigenvalue weighted by Gasteiger charge is -2.02. The van der Waals surface area contributed by atoms with Crippen molar-refractivity contribution in [2.24, 2.45) is 0 Å². The van der Waals surface area contributed by atoms with Gasteiger partial charge in [-0.2, -0.15) is 0 Å². The van der Waals surface area contributed by atoms with Crippen molar-refractivity contribution in [3.63, 3.8) is 0 Å². The first-order valence-electron chi connectivity index (χ1n) is 5.31. The van der Waals surface area contributed by atoms with E-state index < -0.39 is 0 Å². The zero-order valence-corrected chi connectivity index (χ0v) is 10.6. The summed E-state index contributed by atoms with van der Waals surface area (Å²) >= 11 is 3.47. The zero-order chi connectivity index (χ0) is 11.7. The van der Waals surface area contributed by atoms with Gasteiger partial charge in [0.05, 0.1) is 5.69 Å². The van der Waals surface area contributed by atoms with Crippen LogP contribution < -0.4 is 0 Å². The van der Waals surface area contributed by atoms with Gasteiger partial charge in [-0.1, -0.05) is 28.1 Å². The van der Waals surface area contributed by atoms with Gasteiger partial charge < -0.3 is 0 Å². The second kappa shape index (κ2) is 4.26. The Labute approximate surface area is 107 Å². The van der Waals surface area contributed by atoms with E-state index in [0.717, 1.165) is 26.8 Å². The van der Waals surface area contributed by atoms with Gasteiger partial charge in [0.15, 0.2) is 5.65 Å². The fourth-order valence-corrected chi connectivity index (χ4v) is 2.16. The summed E-state index contributed by atoms with van der Waals surface area (Å²) in [6.07, 6.45) is 1.76. The molecule has 0 unspecified atom stereocenters. The molecule has 1 aromatic carbocycles. The number of nitrogens with zero attached hydrogens (tertiary/aromatic N) is 2. The van der Waals surface area contributed by atoms with E-state index in [1.165, 1.54) is 0 Å². The Bertz CT molecular complexity index is 680. The number of aromatic nitrogens is 2. The van der Waals surface area contributed by atoms with Gasteiger partial charge in [-0.05, 0) is 36.4 Å². The predicted octanol–water partition coefficient (Wildman–Crippen LogP) is 4.06. The minimum atomic E-state index is 0.782. The quantitative estimate of drug-likeness (QED) is 0.673. The Hall–Kier alpha value is -1.74. The predicted molar refractivity (Wildman–Crippen MR) is 72.7 cm³/mol. The first-order valence-corrected chi connectivity index (χ1v) is 6.10. The van der Waals surface area contributed by atoms with Gasteiger partial charge >= 0.3 is 0 Å². The number of halogens is 1. The highest BCUT2D eigenvalue weighted by Gasteiger charge is 2.02. The van der Waals surface area contributed by atoms with Crippen LogP contribution in [0.2, 0.25) is 0 Å². The summed E-state index contributed by atoms with van der Waals surface area (Å²) in [5.41, 5.74) is 2.81. The molecule has 0 saturated heterocycles. The molecule has 0 atom stereocenters. The van der Waals surface area contributed by atoms with Gasteiger partial charge in [0.1, 0.15) is 0 Å². The van der Waals surface area contributed by atoms with Crippen molar-refractivity contribution in [2.45, 2.75) is 0 Å². The van der Waals surface area contributed by atoms with Gasteiger partial charge in [-0.3, -0.25) is 0 Å². The summed E-state index contributed by atoms with van der Waals surface area (Å²) in [6.45, 7) is 0. The van der Waals surface area contributed by atoms with Crippen molar-refractivity contribution in [3.8, 4) is 11.3 Å². The van der Waals surface area contributed by atoms with Crippen LogP contribution in [0, 0.1) is 0 Å². The number of benzene rings is 1. The third-order valence-corrected chi connectivity index (χ3v) is 3.08. The molecule has 0 aliphatic rings. The number of rotatable bonds is 1. The number of hydrogen-bond donors (Lipinski definition) is 0. The van der Waals surface area contributed by atoms with Crippen molar-refractivity contribution in [3.05, 3.63) is 59.2 Å². The smallest absolute Gasteiger partial charge is 0.159 e. The van der Waals surface area contributed by atoms with E-state index in [1.807, 2.05) is 42.5 Å². The van der Waals surface area contributed by atoms with Gasteiger partial charge in [0.2, 0.25) is 0 Å². The van der Waals surface area contributed by atoms with Crippen molar-refractivity contribution in [1.29, 1.82) is 0 Å². The number of fused-ring (bicyclic) bond motifs is 1. The second-order valence-electron chi connectivity index (χ2n) is 3.76. The second-order valence-corrected chi connectivity index (χ2v) is 4.67. The maximum absolute atomic E-state index is 4.55. The van der Waals surface area contributed by atoms with E-state index in [1.54, 1.807) is 6.20 Å². The lowest BCUT2D eigenvalue weighted by atomic mass is 10.1. The average molecular weight is 285 g/mol. The Balaban J connectivity index is 2.18. The summed E-state index contributed by atoms with van der Waals surface area (Å²) in [5.74, 6) is 0. The highest BCUT2D eigenvalue weighted by atomic mass is 79.9. The van der Waals surface area contributed by atoms with Crippen LogP contribution in [0.1, 0.15) is 0 Å². The summed E-state index contributed by atoms with van der Waals surface area (Å²) in [7, 11) is 0. The van der Waals surface area contributed by atoms with Crippen molar-refractivity contribution < 1.29 is 0 Å². The number of pyridine rings is 2. The third kappa shape index (κ3) is 2.06. The molecular formula is C14H9BrN2. The van der Waals surface area contributed by atoms with Crippen LogP contribution in [0.25, 0.3) is 22.3 Å². The molecule has 2 aromatic heterocycles. The Kier molecular flexibility index (Phi) is 2.61. The molecule has 0 saturated carbocycles. The lowest BCUT2D eigenvalue weighted by molar-refractivity contribution is 1.29. The maximum atomic E-state index is 4.55. The zero-order valence-electron chi connectivity index (χ0n) is 8.97. The average Bonchev–Trinajstić information content (AvgIpc) is 2.38. The number of hydrogen-bond acceptors (Lipinski definition) is 2. The largest absolute Gasteiger partial charge is 0.237 e. The summed E-state index contributed by atoms with van der Waals surface area (Å²) in [6, 6.07) is 16.1. The Morgan fingerprint density at radius 1 is 0.941 bits per heavy atom. The van der Waals surface area contributed by atoms with Crippen molar-refractivity contribution >= 4 is 27.0 Å². The van der Waals surface area contributed by atoms with Gasteiger partial charge in [-0.25, -0.2) is 9.97 Å². The highest BCUT2D eigenvalue weighted by molar-refractivity contribution is 9.10. The van der Waals surface area contributed by atoms with Crippen LogP contribution in [0.5, 0.6) is 0 Å². The maximum Gasteiger partial charge on any atom is 0.159 e. The third-order valence-electron chi connectivity index (χ3n) is 2.58. The molecule has 2 nitrogen and oxygen atoms in total. The van der Waals surface area contributed by atoms with E-state index in [2.05, 4.69) is 32.0 Å². The molecule has 0 bridgehead atoms.